The number of rotatable bonds is 3. The van der Waals surface area contributed by atoms with Gasteiger partial charge in [0.05, 0.1) is 12.7 Å². The fourth-order valence-electron chi connectivity index (χ4n) is 0.664. The second-order valence-electron chi connectivity index (χ2n) is 2.22. The van der Waals surface area contributed by atoms with Crippen LogP contribution in [0.5, 0.6) is 0 Å². The first-order valence-electron chi connectivity index (χ1n) is 3.61. The molecule has 0 fully saturated rings. The standard InChI is InChI=1S/C7H9N3O3/c1-8-6(11)3-10-7(12)5-2-9-4-13-5/h2,4H,3H2,1H3,(H,8,11)(H,10,12). The Morgan fingerprint density at radius 2 is 2.38 bits per heavy atom. The number of amides is 2. The van der Waals surface area contributed by atoms with Gasteiger partial charge in [-0.3, -0.25) is 9.59 Å². The summed E-state index contributed by atoms with van der Waals surface area (Å²) >= 11 is 0. The lowest BCUT2D eigenvalue weighted by Crippen LogP contribution is -2.34. The Morgan fingerprint density at radius 3 is 2.92 bits per heavy atom. The van der Waals surface area contributed by atoms with Gasteiger partial charge in [0.15, 0.2) is 6.39 Å². The van der Waals surface area contributed by atoms with Crippen LogP contribution in [-0.4, -0.2) is 30.4 Å². The lowest BCUT2D eigenvalue weighted by molar-refractivity contribution is -0.119. The van der Waals surface area contributed by atoms with Gasteiger partial charge in [0.25, 0.3) is 5.91 Å². The van der Waals surface area contributed by atoms with E-state index in [1.165, 1.54) is 13.2 Å². The Kier molecular flexibility index (Phi) is 3.02. The molecule has 1 heterocycles. The first-order valence-corrected chi connectivity index (χ1v) is 3.61. The Hall–Kier alpha value is -1.85. The second-order valence-corrected chi connectivity index (χ2v) is 2.22. The summed E-state index contributed by atoms with van der Waals surface area (Å²) in [5.41, 5.74) is 0. The molecule has 0 bridgehead atoms. The summed E-state index contributed by atoms with van der Waals surface area (Å²) in [6.07, 6.45) is 2.42. The van der Waals surface area contributed by atoms with Crippen molar-refractivity contribution in [3.05, 3.63) is 18.4 Å². The zero-order valence-electron chi connectivity index (χ0n) is 7.03. The van der Waals surface area contributed by atoms with Gasteiger partial charge in [0.1, 0.15) is 0 Å². The van der Waals surface area contributed by atoms with Crippen LogP contribution < -0.4 is 10.6 Å². The number of nitrogens with zero attached hydrogens (tertiary/aromatic N) is 1. The van der Waals surface area contributed by atoms with Crippen molar-refractivity contribution in [1.82, 2.24) is 15.6 Å². The van der Waals surface area contributed by atoms with Crippen LogP contribution in [0, 0.1) is 0 Å². The van der Waals surface area contributed by atoms with Gasteiger partial charge in [-0.25, -0.2) is 4.98 Å². The monoisotopic (exact) mass is 183 g/mol. The number of carbonyl (C=O) groups excluding carboxylic acids is 2. The molecule has 0 aliphatic carbocycles. The first-order chi connectivity index (χ1) is 6.24. The molecule has 0 radical (unpaired) electrons. The van der Waals surface area contributed by atoms with E-state index < -0.39 is 5.91 Å². The van der Waals surface area contributed by atoms with Gasteiger partial charge in [0, 0.05) is 7.05 Å². The smallest absolute Gasteiger partial charge is 0.289 e. The average molecular weight is 183 g/mol. The molecule has 6 heteroatoms. The minimum atomic E-state index is -0.457. The van der Waals surface area contributed by atoms with Crippen molar-refractivity contribution in [2.45, 2.75) is 0 Å². The first kappa shape index (κ1) is 9.24. The molecule has 1 rings (SSSR count). The molecule has 0 aliphatic heterocycles. The third-order valence-electron chi connectivity index (χ3n) is 1.34. The summed E-state index contributed by atoms with van der Waals surface area (Å²) in [7, 11) is 1.49. The van der Waals surface area contributed by atoms with Gasteiger partial charge < -0.3 is 15.1 Å². The zero-order chi connectivity index (χ0) is 9.68. The summed E-state index contributed by atoms with van der Waals surface area (Å²) < 4.78 is 4.71. The molecular formula is C7H9N3O3. The van der Waals surface area contributed by atoms with E-state index in [-0.39, 0.29) is 18.2 Å². The van der Waals surface area contributed by atoms with Crippen LogP contribution >= 0.6 is 0 Å². The third-order valence-corrected chi connectivity index (χ3v) is 1.34. The van der Waals surface area contributed by atoms with E-state index in [4.69, 9.17) is 4.42 Å². The molecule has 0 aliphatic rings. The minimum absolute atomic E-state index is 0.0734. The minimum Gasteiger partial charge on any atom is -0.438 e. The van der Waals surface area contributed by atoms with Crippen molar-refractivity contribution in [3.8, 4) is 0 Å². The van der Waals surface area contributed by atoms with Crippen molar-refractivity contribution in [2.24, 2.45) is 0 Å². The second kappa shape index (κ2) is 4.24. The van der Waals surface area contributed by atoms with Crippen LogP contribution in [0.2, 0.25) is 0 Å². The highest BCUT2D eigenvalue weighted by Gasteiger charge is 2.09. The van der Waals surface area contributed by atoms with Crippen LogP contribution in [0.25, 0.3) is 0 Å². The molecule has 0 saturated heterocycles. The number of aromatic nitrogens is 1. The molecule has 70 valence electrons. The number of hydrogen-bond donors (Lipinski definition) is 2. The van der Waals surface area contributed by atoms with E-state index in [9.17, 15) is 9.59 Å². The molecule has 0 aromatic carbocycles. The van der Waals surface area contributed by atoms with Crippen LogP contribution in [-0.2, 0) is 4.79 Å². The third kappa shape index (κ3) is 2.58. The number of nitrogens with one attached hydrogen (secondary N) is 2. The number of carbonyl (C=O) groups is 2. The summed E-state index contributed by atoms with van der Waals surface area (Å²) in [5, 5.41) is 4.72. The van der Waals surface area contributed by atoms with Gasteiger partial charge >= 0.3 is 0 Å². The molecule has 1 aromatic heterocycles. The van der Waals surface area contributed by atoms with Gasteiger partial charge in [0.2, 0.25) is 11.7 Å². The maximum Gasteiger partial charge on any atom is 0.289 e. The largest absolute Gasteiger partial charge is 0.438 e. The fraction of sp³-hybridized carbons (Fsp3) is 0.286. The van der Waals surface area contributed by atoms with Crippen molar-refractivity contribution in [2.75, 3.05) is 13.6 Å². The maximum atomic E-state index is 11.1. The number of hydrogen-bond acceptors (Lipinski definition) is 4. The molecule has 13 heavy (non-hydrogen) atoms. The molecule has 0 spiro atoms. The van der Waals surface area contributed by atoms with E-state index in [1.807, 2.05) is 0 Å². The highest BCUT2D eigenvalue weighted by atomic mass is 16.3. The predicted molar refractivity (Wildman–Crippen MR) is 42.9 cm³/mol. The highest BCUT2D eigenvalue weighted by Crippen LogP contribution is 1.94. The molecule has 2 amide bonds. The highest BCUT2D eigenvalue weighted by molar-refractivity contribution is 5.93. The molecule has 2 N–H and O–H groups in total. The Bertz CT molecular complexity index is 294. The van der Waals surface area contributed by atoms with Gasteiger partial charge in [-0.1, -0.05) is 0 Å². The lowest BCUT2D eigenvalue weighted by atomic mass is 10.4. The Morgan fingerprint density at radius 1 is 1.62 bits per heavy atom. The van der Waals surface area contributed by atoms with Crippen LogP contribution in [0.3, 0.4) is 0 Å². The lowest BCUT2D eigenvalue weighted by Gasteiger charge is -2.00. The molecular weight excluding hydrogens is 174 g/mol. The van der Waals surface area contributed by atoms with Crippen molar-refractivity contribution < 1.29 is 14.0 Å². The topological polar surface area (TPSA) is 84.2 Å². The van der Waals surface area contributed by atoms with Gasteiger partial charge in [-0.15, -0.1) is 0 Å². The van der Waals surface area contributed by atoms with E-state index >= 15 is 0 Å². The molecule has 1 aromatic rings. The van der Waals surface area contributed by atoms with Gasteiger partial charge in [-0.2, -0.15) is 0 Å². The van der Waals surface area contributed by atoms with Gasteiger partial charge in [-0.05, 0) is 0 Å². The van der Waals surface area contributed by atoms with Crippen molar-refractivity contribution in [1.29, 1.82) is 0 Å². The Balaban J connectivity index is 2.39. The zero-order valence-corrected chi connectivity index (χ0v) is 7.03. The fourth-order valence-corrected chi connectivity index (χ4v) is 0.664. The molecule has 0 saturated carbocycles. The quantitative estimate of drug-likeness (QED) is 0.639. The molecule has 0 atom stereocenters. The average Bonchev–Trinajstić information content (AvgIpc) is 2.66. The number of likely N-dealkylation sites (N-methyl/N-ethyl adjacent to an activating group) is 1. The van der Waals surface area contributed by atoms with Crippen LogP contribution in [0.4, 0.5) is 0 Å². The predicted octanol–water partition coefficient (Wildman–Crippen LogP) is -0.850. The van der Waals surface area contributed by atoms with Crippen LogP contribution in [0.1, 0.15) is 10.6 Å². The summed E-state index contributed by atoms with van der Waals surface area (Å²) in [6.45, 7) is -0.0734. The Labute approximate surface area is 74.3 Å². The summed E-state index contributed by atoms with van der Waals surface area (Å²) in [6, 6.07) is 0. The van der Waals surface area contributed by atoms with Crippen LogP contribution in [0.15, 0.2) is 17.0 Å². The van der Waals surface area contributed by atoms with E-state index in [0.717, 1.165) is 6.39 Å². The van der Waals surface area contributed by atoms with E-state index in [1.54, 1.807) is 0 Å². The maximum absolute atomic E-state index is 11.1. The number of oxazole rings is 1. The molecule has 0 unspecified atom stereocenters. The summed E-state index contributed by atoms with van der Waals surface area (Å²) in [4.78, 5) is 25.4. The van der Waals surface area contributed by atoms with E-state index in [2.05, 4.69) is 15.6 Å². The van der Waals surface area contributed by atoms with Crippen molar-refractivity contribution in [3.63, 3.8) is 0 Å². The summed E-state index contributed by atoms with van der Waals surface area (Å²) in [5.74, 6) is -0.641. The SMILES string of the molecule is CNC(=O)CNC(=O)c1cnco1. The van der Waals surface area contributed by atoms with E-state index in [0.29, 0.717) is 0 Å². The normalized spacial score (nSPS) is 9.31. The van der Waals surface area contributed by atoms with Crippen molar-refractivity contribution >= 4 is 11.8 Å². The molecule has 6 nitrogen and oxygen atoms in total.